The highest BCUT2D eigenvalue weighted by Gasteiger charge is 2.23. The third-order valence-corrected chi connectivity index (χ3v) is 14.7. The number of H-pyrrole nitrogens is 2. The number of aromatic amines is 2. The van der Waals surface area contributed by atoms with Crippen molar-refractivity contribution in [3.63, 3.8) is 0 Å². The second-order valence-corrected chi connectivity index (χ2v) is 21.0. The molecule has 11 nitrogen and oxygen atoms in total. The summed E-state index contributed by atoms with van der Waals surface area (Å²) in [5, 5.41) is 9.25. The molecule has 0 fully saturated rings. The average molecular weight is 1030 g/mol. The fraction of sp³-hybridized carbons (Fsp3) is 0.194. The number of nitrogens with one attached hydrogen (secondary N) is 2. The van der Waals surface area contributed by atoms with E-state index in [0.717, 1.165) is 128 Å². The molecular weight excluding hydrogens is 967 g/mol. The van der Waals surface area contributed by atoms with E-state index in [-0.39, 0.29) is 13.2 Å². The Morgan fingerprint density at radius 1 is 0.449 bits per heavy atom. The van der Waals surface area contributed by atoms with Gasteiger partial charge in [-0.05, 0) is 202 Å². The van der Waals surface area contributed by atoms with Crippen LogP contribution in [0.2, 0.25) is 0 Å². The van der Waals surface area contributed by atoms with E-state index < -0.39 is 11.9 Å². The summed E-state index contributed by atoms with van der Waals surface area (Å²) in [6.45, 7) is 22.4. The third-order valence-electron chi connectivity index (χ3n) is 14.7. The van der Waals surface area contributed by atoms with Crippen LogP contribution < -0.4 is 0 Å². The van der Waals surface area contributed by atoms with Gasteiger partial charge in [-0.3, -0.25) is 9.59 Å². The predicted octanol–water partition coefficient (Wildman–Crippen LogP) is 15.5. The SMILES string of the molecule is CC(=O)OCc1cc(COC(C)=O)cc(-n2cc(-c3cccc(-c4c5nc(c(-c6c(C)cc(C)cc6C)c6ccc([nH]6)c(-c6c(C)cc(C)cc6C)c6nc(c(-c7c(C)cc(C)cc7C)c7ccc4[nH]7)C=C6)C=C5)c3)nn2)c1. The summed E-state index contributed by atoms with van der Waals surface area (Å²) in [4.78, 5) is 42.8. The Hall–Kier alpha value is -9.22. The number of benzene rings is 5. The van der Waals surface area contributed by atoms with Gasteiger partial charge in [0, 0.05) is 63.7 Å². The maximum Gasteiger partial charge on any atom is 0.302 e. The van der Waals surface area contributed by atoms with Crippen LogP contribution in [-0.4, -0.2) is 46.9 Å². The summed E-state index contributed by atoms with van der Waals surface area (Å²) in [5.74, 6) is -0.800. The molecule has 4 aromatic heterocycles. The van der Waals surface area contributed by atoms with Crippen LogP contribution in [0.25, 0.3) is 108 Å². The maximum absolute atomic E-state index is 11.8. The van der Waals surface area contributed by atoms with E-state index in [9.17, 15) is 9.59 Å². The van der Waals surface area contributed by atoms with Crippen molar-refractivity contribution >= 4 is 58.3 Å². The first-order chi connectivity index (χ1) is 37.5. The Labute approximate surface area is 454 Å². The van der Waals surface area contributed by atoms with E-state index in [2.05, 4.69) is 180 Å². The summed E-state index contributed by atoms with van der Waals surface area (Å²) in [6, 6.07) is 36.2. The van der Waals surface area contributed by atoms with Crippen LogP contribution in [0.4, 0.5) is 0 Å². The molecule has 0 amide bonds. The average Bonchev–Trinajstić information content (AvgIpc) is 4.39. The number of fused-ring (bicyclic) bond motifs is 8. The third kappa shape index (κ3) is 9.79. The molecule has 5 aromatic carbocycles. The van der Waals surface area contributed by atoms with E-state index in [1.807, 2.05) is 36.5 Å². The molecule has 8 bridgehead atoms. The van der Waals surface area contributed by atoms with Gasteiger partial charge in [0.1, 0.15) is 18.9 Å². The molecule has 11 rings (SSSR count). The number of ether oxygens (including phenoxy) is 2. The minimum Gasteiger partial charge on any atom is -0.461 e. The van der Waals surface area contributed by atoms with Gasteiger partial charge in [-0.2, -0.15) is 0 Å². The molecule has 2 aliphatic heterocycles. The molecule has 11 heteroatoms. The number of hydrogen-bond donors (Lipinski definition) is 2. The van der Waals surface area contributed by atoms with Gasteiger partial charge >= 0.3 is 11.9 Å². The van der Waals surface area contributed by atoms with Gasteiger partial charge in [0.2, 0.25) is 0 Å². The Morgan fingerprint density at radius 3 is 1.22 bits per heavy atom. The molecule has 0 aliphatic carbocycles. The fourth-order valence-electron chi connectivity index (χ4n) is 11.8. The Kier molecular flexibility index (Phi) is 13.3. The number of rotatable bonds is 10. The van der Waals surface area contributed by atoms with Gasteiger partial charge in [0.25, 0.3) is 0 Å². The number of hydrogen-bond acceptors (Lipinski definition) is 8. The van der Waals surface area contributed by atoms with Gasteiger partial charge in [0.05, 0.1) is 34.7 Å². The standard InChI is InChI=1S/C67H61N7O4/c1-36-23-39(4)61(40(5)24-36)65-54-17-15-52(68-54)64(50-14-12-13-49(32-50)60-33-74(73-72-60)51-30-47(34-77-45(10)75)29-48(31-51)35-78-46(11)76)53-16-18-55(69-53)66(62-41(6)25-37(2)26-42(62)7)57-20-22-59(71-57)67(58-21-19-56(65)70-58)63-43(8)27-38(3)28-44(63)9/h12-33,68,71H,34-35H2,1-11H3. The topological polar surface area (TPSA) is 141 Å². The van der Waals surface area contributed by atoms with E-state index in [0.29, 0.717) is 11.4 Å². The van der Waals surface area contributed by atoms with Crippen molar-refractivity contribution in [3.8, 4) is 61.5 Å². The number of carbonyl (C=O) groups is 2. The Bertz CT molecular complexity index is 4060. The molecule has 78 heavy (non-hydrogen) atoms. The minimum atomic E-state index is -0.400. The van der Waals surface area contributed by atoms with Crippen molar-refractivity contribution in [2.24, 2.45) is 0 Å². The Morgan fingerprint density at radius 2 is 0.821 bits per heavy atom. The zero-order valence-corrected chi connectivity index (χ0v) is 46.0. The molecular formula is C67H61N7O4. The number of aromatic nitrogens is 7. The van der Waals surface area contributed by atoms with Gasteiger partial charge in [-0.15, -0.1) is 5.10 Å². The van der Waals surface area contributed by atoms with Crippen LogP contribution in [0, 0.1) is 62.3 Å². The minimum absolute atomic E-state index is 0.0483. The number of nitrogens with zero attached hydrogens (tertiary/aromatic N) is 5. The van der Waals surface area contributed by atoms with E-state index in [1.54, 1.807) is 4.68 Å². The molecule has 0 saturated carbocycles. The van der Waals surface area contributed by atoms with Crippen LogP contribution in [0.1, 0.15) is 97.8 Å². The quantitative estimate of drug-likeness (QED) is 0.129. The first kappa shape index (κ1) is 50.9. The van der Waals surface area contributed by atoms with Crippen molar-refractivity contribution in [2.75, 3.05) is 0 Å². The highest BCUT2D eigenvalue weighted by molar-refractivity contribution is 6.01. The summed E-state index contributed by atoms with van der Waals surface area (Å²) >= 11 is 0. The highest BCUT2D eigenvalue weighted by atomic mass is 16.5. The summed E-state index contributed by atoms with van der Waals surface area (Å²) in [5.41, 5.74) is 29.6. The zero-order chi connectivity index (χ0) is 54.7. The predicted molar refractivity (Wildman–Crippen MR) is 315 cm³/mol. The lowest BCUT2D eigenvalue weighted by molar-refractivity contribution is -0.142. The van der Waals surface area contributed by atoms with Crippen molar-refractivity contribution in [1.29, 1.82) is 0 Å². The van der Waals surface area contributed by atoms with Crippen LogP contribution in [0.3, 0.4) is 0 Å². The normalized spacial score (nSPS) is 11.9. The summed E-state index contributed by atoms with van der Waals surface area (Å²) < 4.78 is 12.4. The molecule has 388 valence electrons. The first-order valence-electron chi connectivity index (χ1n) is 26.3. The molecule has 0 saturated heterocycles. The lowest BCUT2D eigenvalue weighted by Gasteiger charge is -2.14. The summed E-state index contributed by atoms with van der Waals surface area (Å²) in [6.07, 6.45) is 10.5. The van der Waals surface area contributed by atoms with Crippen LogP contribution in [-0.2, 0) is 32.3 Å². The van der Waals surface area contributed by atoms with Crippen LogP contribution in [0.5, 0.6) is 0 Å². The van der Waals surface area contributed by atoms with Crippen LogP contribution >= 0.6 is 0 Å². The van der Waals surface area contributed by atoms with Crippen molar-refractivity contribution in [3.05, 3.63) is 193 Å². The first-order valence-corrected chi connectivity index (χ1v) is 26.3. The lowest BCUT2D eigenvalue weighted by atomic mass is 9.92. The Balaban J connectivity index is 1.19. The smallest absolute Gasteiger partial charge is 0.302 e. The van der Waals surface area contributed by atoms with Crippen LogP contribution in [0.15, 0.2) is 109 Å². The maximum atomic E-state index is 11.8. The molecule has 0 atom stereocenters. The van der Waals surface area contributed by atoms with Gasteiger partial charge < -0.3 is 19.4 Å². The van der Waals surface area contributed by atoms with Crippen molar-refractivity contribution in [1.82, 2.24) is 34.9 Å². The van der Waals surface area contributed by atoms with Gasteiger partial charge in [-0.25, -0.2) is 14.6 Å². The molecule has 9 aromatic rings. The van der Waals surface area contributed by atoms with Crippen molar-refractivity contribution in [2.45, 2.75) is 89.4 Å². The van der Waals surface area contributed by atoms with Gasteiger partial charge in [-0.1, -0.05) is 76.5 Å². The number of carbonyl (C=O) groups excluding carboxylic acids is 2. The van der Waals surface area contributed by atoms with Gasteiger partial charge in [0.15, 0.2) is 0 Å². The molecule has 6 heterocycles. The van der Waals surface area contributed by atoms with E-state index in [1.165, 1.54) is 41.7 Å². The highest BCUT2D eigenvalue weighted by Crippen LogP contribution is 2.43. The molecule has 0 spiro atoms. The number of aryl methyl sites for hydroxylation is 9. The fourth-order valence-corrected chi connectivity index (χ4v) is 11.8. The van der Waals surface area contributed by atoms with E-state index in [4.69, 9.17) is 19.4 Å². The molecule has 0 unspecified atom stereocenters. The number of esters is 2. The molecule has 0 radical (unpaired) electrons. The summed E-state index contributed by atoms with van der Waals surface area (Å²) in [7, 11) is 0. The monoisotopic (exact) mass is 1030 g/mol. The lowest BCUT2D eigenvalue weighted by Crippen LogP contribution is -2.05. The molecule has 2 N–H and O–H groups in total. The van der Waals surface area contributed by atoms with E-state index >= 15 is 0 Å². The molecule has 2 aliphatic rings. The van der Waals surface area contributed by atoms with Crippen molar-refractivity contribution < 1.29 is 19.1 Å². The second-order valence-electron chi connectivity index (χ2n) is 21.0. The largest absolute Gasteiger partial charge is 0.461 e. The zero-order valence-electron chi connectivity index (χ0n) is 46.0. The second kappa shape index (κ2) is 20.4.